The topological polar surface area (TPSA) is 26.0 Å². The summed E-state index contributed by atoms with van der Waals surface area (Å²) < 4.78 is 0.288. The molecular formula is C7H17NS. The molecule has 0 radical (unpaired) electrons. The molecule has 0 saturated heterocycles. The van der Waals surface area contributed by atoms with Gasteiger partial charge in [0, 0.05) is 11.3 Å². The van der Waals surface area contributed by atoms with Crippen molar-refractivity contribution in [3.8, 4) is 0 Å². The summed E-state index contributed by atoms with van der Waals surface area (Å²) in [4.78, 5) is 0. The third-order valence-corrected chi connectivity index (χ3v) is 2.75. The number of thioether (sulfide) groups is 1. The van der Waals surface area contributed by atoms with E-state index in [2.05, 4.69) is 20.8 Å². The Morgan fingerprint density at radius 3 is 2.33 bits per heavy atom. The van der Waals surface area contributed by atoms with E-state index in [1.807, 2.05) is 11.8 Å². The van der Waals surface area contributed by atoms with Gasteiger partial charge in [0.1, 0.15) is 0 Å². The normalized spacial score (nSPS) is 12.0. The Labute approximate surface area is 62.4 Å². The summed E-state index contributed by atoms with van der Waals surface area (Å²) in [6.07, 6.45) is 1.24. The Balaban J connectivity index is 3.33. The maximum atomic E-state index is 5.53. The van der Waals surface area contributed by atoms with Crippen molar-refractivity contribution in [1.29, 1.82) is 0 Å². The zero-order valence-electron chi connectivity index (χ0n) is 6.61. The van der Waals surface area contributed by atoms with Crippen molar-refractivity contribution in [3.63, 3.8) is 0 Å². The molecule has 0 bridgehead atoms. The molecule has 2 heteroatoms. The van der Waals surface area contributed by atoms with E-state index in [0.717, 1.165) is 6.54 Å². The van der Waals surface area contributed by atoms with E-state index in [4.69, 9.17) is 5.73 Å². The minimum Gasteiger partial charge on any atom is -0.329 e. The van der Waals surface area contributed by atoms with Crippen molar-refractivity contribution in [2.45, 2.75) is 31.9 Å². The van der Waals surface area contributed by atoms with Gasteiger partial charge in [0.15, 0.2) is 0 Å². The predicted octanol–water partition coefficient (Wildman–Crippen LogP) is 1.87. The molecule has 0 aliphatic heterocycles. The van der Waals surface area contributed by atoms with Crippen molar-refractivity contribution in [2.24, 2.45) is 5.73 Å². The fraction of sp³-hybridized carbons (Fsp3) is 1.00. The van der Waals surface area contributed by atoms with Gasteiger partial charge in [-0.2, -0.15) is 11.8 Å². The standard InChI is InChI=1S/C7H17NS/c1-4-5-9-7(2,3)6-8/h4-6,8H2,1-3H3. The fourth-order valence-corrected chi connectivity index (χ4v) is 1.31. The zero-order valence-corrected chi connectivity index (χ0v) is 7.42. The first-order valence-corrected chi connectivity index (χ1v) is 4.45. The van der Waals surface area contributed by atoms with Gasteiger partial charge in [-0.05, 0) is 26.0 Å². The Kier molecular flexibility index (Phi) is 4.32. The summed E-state index contributed by atoms with van der Waals surface area (Å²) in [5, 5.41) is 0. The van der Waals surface area contributed by atoms with Crippen LogP contribution in [-0.4, -0.2) is 17.0 Å². The molecule has 56 valence electrons. The summed E-state index contributed by atoms with van der Waals surface area (Å²) in [7, 11) is 0. The molecule has 0 fully saturated rings. The Bertz CT molecular complexity index is 71.3. The van der Waals surface area contributed by atoms with Crippen LogP contribution in [0.1, 0.15) is 27.2 Å². The Morgan fingerprint density at radius 2 is 2.00 bits per heavy atom. The molecule has 0 unspecified atom stereocenters. The van der Waals surface area contributed by atoms with Gasteiger partial charge in [-0.1, -0.05) is 6.92 Å². The van der Waals surface area contributed by atoms with Crippen molar-refractivity contribution < 1.29 is 0 Å². The van der Waals surface area contributed by atoms with E-state index in [-0.39, 0.29) is 4.75 Å². The lowest BCUT2D eigenvalue weighted by Crippen LogP contribution is -2.27. The van der Waals surface area contributed by atoms with Crippen LogP contribution in [0.4, 0.5) is 0 Å². The predicted molar refractivity (Wildman–Crippen MR) is 45.9 cm³/mol. The van der Waals surface area contributed by atoms with Crippen LogP contribution in [-0.2, 0) is 0 Å². The highest BCUT2D eigenvalue weighted by Crippen LogP contribution is 2.22. The SMILES string of the molecule is CCCSC(C)(C)CN. The molecule has 2 N–H and O–H groups in total. The molecule has 9 heavy (non-hydrogen) atoms. The average molecular weight is 147 g/mol. The van der Waals surface area contributed by atoms with Crippen molar-refractivity contribution in [1.82, 2.24) is 0 Å². The van der Waals surface area contributed by atoms with E-state index in [0.29, 0.717) is 0 Å². The van der Waals surface area contributed by atoms with E-state index in [1.165, 1.54) is 12.2 Å². The molecule has 0 aliphatic rings. The van der Waals surface area contributed by atoms with Crippen LogP contribution < -0.4 is 5.73 Å². The number of nitrogens with two attached hydrogens (primary N) is 1. The minimum atomic E-state index is 0.288. The second kappa shape index (κ2) is 4.18. The monoisotopic (exact) mass is 147 g/mol. The molecule has 0 atom stereocenters. The van der Waals surface area contributed by atoms with E-state index < -0.39 is 0 Å². The molecule has 0 aromatic rings. The van der Waals surface area contributed by atoms with Crippen molar-refractivity contribution in [2.75, 3.05) is 12.3 Å². The van der Waals surface area contributed by atoms with E-state index in [1.54, 1.807) is 0 Å². The average Bonchev–Trinajstić information content (AvgIpc) is 1.84. The second-order valence-electron chi connectivity index (χ2n) is 2.81. The van der Waals surface area contributed by atoms with Crippen molar-refractivity contribution in [3.05, 3.63) is 0 Å². The van der Waals surface area contributed by atoms with E-state index >= 15 is 0 Å². The largest absolute Gasteiger partial charge is 0.329 e. The molecule has 0 aromatic heterocycles. The first-order valence-electron chi connectivity index (χ1n) is 3.46. The van der Waals surface area contributed by atoms with Gasteiger partial charge in [-0.25, -0.2) is 0 Å². The number of hydrogen-bond donors (Lipinski definition) is 1. The van der Waals surface area contributed by atoms with Crippen LogP contribution in [0.5, 0.6) is 0 Å². The first-order chi connectivity index (χ1) is 4.12. The smallest absolute Gasteiger partial charge is 0.0225 e. The van der Waals surface area contributed by atoms with Crippen LogP contribution in [0.15, 0.2) is 0 Å². The van der Waals surface area contributed by atoms with Crippen LogP contribution >= 0.6 is 11.8 Å². The highest BCUT2D eigenvalue weighted by atomic mass is 32.2. The Hall–Kier alpha value is 0.310. The third-order valence-electron chi connectivity index (χ3n) is 1.19. The zero-order chi connectivity index (χ0) is 7.33. The fourth-order valence-electron chi connectivity index (χ4n) is 0.437. The summed E-state index contributed by atoms with van der Waals surface area (Å²) in [5.74, 6) is 1.23. The summed E-state index contributed by atoms with van der Waals surface area (Å²) in [5.41, 5.74) is 5.53. The van der Waals surface area contributed by atoms with Gasteiger partial charge < -0.3 is 5.73 Å². The molecule has 0 heterocycles. The molecule has 1 nitrogen and oxygen atoms in total. The minimum absolute atomic E-state index is 0.288. The van der Waals surface area contributed by atoms with Crippen LogP contribution in [0.2, 0.25) is 0 Å². The molecule has 0 spiro atoms. The maximum absolute atomic E-state index is 5.53. The lowest BCUT2D eigenvalue weighted by Gasteiger charge is -2.20. The van der Waals surface area contributed by atoms with E-state index in [9.17, 15) is 0 Å². The number of rotatable bonds is 4. The molecule has 0 saturated carbocycles. The summed E-state index contributed by atoms with van der Waals surface area (Å²) >= 11 is 1.95. The lowest BCUT2D eigenvalue weighted by atomic mass is 10.2. The maximum Gasteiger partial charge on any atom is 0.0225 e. The molecule has 0 rings (SSSR count). The Morgan fingerprint density at radius 1 is 1.44 bits per heavy atom. The summed E-state index contributed by atoms with van der Waals surface area (Å²) in [6.45, 7) is 7.35. The molecule has 0 aliphatic carbocycles. The van der Waals surface area contributed by atoms with Crippen LogP contribution in [0.3, 0.4) is 0 Å². The highest BCUT2D eigenvalue weighted by Gasteiger charge is 2.13. The molecule has 0 aromatic carbocycles. The summed E-state index contributed by atoms with van der Waals surface area (Å²) in [6, 6.07) is 0. The highest BCUT2D eigenvalue weighted by molar-refractivity contribution is 8.00. The van der Waals surface area contributed by atoms with Crippen LogP contribution in [0.25, 0.3) is 0 Å². The first kappa shape index (κ1) is 9.31. The van der Waals surface area contributed by atoms with Gasteiger partial charge in [-0.3, -0.25) is 0 Å². The third kappa shape index (κ3) is 4.79. The van der Waals surface area contributed by atoms with Gasteiger partial charge in [0.2, 0.25) is 0 Å². The van der Waals surface area contributed by atoms with Gasteiger partial charge in [0.05, 0.1) is 0 Å². The van der Waals surface area contributed by atoms with Crippen LogP contribution in [0, 0.1) is 0 Å². The van der Waals surface area contributed by atoms with Gasteiger partial charge >= 0.3 is 0 Å². The lowest BCUT2D eigenvalue weighted by molar-refractivity contribution is 0.722. The van der Waals surface area contributed by atoms with Crippen molar-refractivity contribution >= 4 is 11.8 Å². The second-order valence-corrected chi connectivity index (χ2v) is 4.61. The molecule has 0 amide bonds. The van der Waals surface area contributed by atoms with Gasteiger partial charge in [-0.15, -0.1) is 0 Å². The number of hydrogen-bond acceptors (Lipinski definition) is 2. The quantitative estimate of drug-likeness (QED) is 0.657. The molecular weight excluding hydrogens is 130 g/mol. The van der Waals surface area contributed by atoms with Gasteiger partial charge in [0.25, 0.3) is 0 Å².